The van der Waals surface area contributed by atoms with Crippen LogP contribution in [0.2, 0.25) is 0 Å². The van der Waals surface area contributed by atoms with Gasteiger partial charge >= 0.3 is 0 Å². The van der Waals surface area contributed by atoms with E-state index in [9.17, 15) is 0 Å². The number of thiazole rings is 1. The lowest BCUT2D eigenvalue weighted by molar-refractivity contribution is 0.317. The van der Waals surface area contributed by atoms with Gasteiger partial charge in [0.25, 0.3) is 0 Å². The summed E-state index contributed by atoms with van der Waals surface area (Å²) in [4.78, 5) is 13.6. The van der Waals surface area contributed by atoms with E-state index in [1.165, 1.54) is 32.1 Å². The van der Waals surface area contributed by atoms with E-state index in [2.05, 4.69) is 19.8 Å². The summed E-state index contributed by atoms with van der Waals surface area (Å²) in [7, 11) is 0. The Morgan fingerprint density at radius 3 is 2.71 bits per heavy atom. The van der Waals surface area contributed by atoms with Gasteiger partial charge in [-0.3, -0.25) is 4.99 Å². The molecule has 2 N–H and O–H groups in total. The lowest BCUT2D eigenvalue weighted by Crippen LogP contribution is -2.51. The molecule has 7 heteroatoms. The number of nitrogens with two attached hydrogens (primary N) is 1. The van der Waals surface area contributed by atoms with Crippen LogP contribution in [0.25, 0.3) is 0 Å². The third kappa shape index (κ3) is 3.98. The molecule has 1 aromatic heterocycles. The Labute approximate surface area is 165 Å². The van der Waals surface area contributed by atoms with Gasteiger partial charge in [-0.2, -0.15) is 0 Å². The zero-order valence-electron chi connectivity index (χ0n) is 14.1. The first kappa shape index (κ1) is 18.2. The Morgan fingerprint density at radius 2 is 2.08 bits per heavy atom. The molecule has 24 heavy (non-hydrogen) atoms. The quantitative estimate of drug-likeness (QED) is 0.426. The van der Waals surface area contributed by atoms with Crippen LogP contribution in [0.3, 0.4) is 0 Å². The largest absolute Gasteiger partial charge is 0.370 e. The van der Waals surface area contributed by atoms with E-state index in [0.29, 0.717) is 0 Å². The van der Waals surface area contributed by atoms with Crippen molar-refractivity contribution in [2.45, 2.75) is 32.1 Å². The summed E-state index contributed by atoms with van der Waals surface area (Å²) >= 11 is 1.71. The van der Waals surface area contributed by atoms with Crippen LogP contribution >= 0.6 is 35.3 Å². The molecule has 1 aromatic rings. The Kier molecular flexibility index (Phi) is 6.23. The Bertz CT molecular complexity index is 541. The van der Waals surface area contributed by atoms with Crippen molar-refractivity contribution in [3.63, 3.8) is 0 Å². The number of nitrogens with zero attached hydrogens (tertiary/aromatic N) is 4. The summed E-state index contributed by atoms with van der Waals surface area (Å²) in [5, 5.41) is 3.16. The van der Waals surface area contributed by atoms with Gasteiger partial charge in [-0.15, -0.1) is 35.3 Å². The van der Waals surface area contributed by atoms with Gasteiger partial charge in [0.05, 0.1) is 0 Å². The number of aliphatic imine (C=N–C) groups is 1. The van der Waals surface area contributed by atoms with E-state index in [-0.39, 0.29) is 24.0 Å². The number of piperazine rings is 1. The SMILES string of the molecule is I.NC(=NCCC1CC2CCC1C2)N1CCN(c2nccs2)CC1. The predicted octanol–water partition coefficient (Wildman–Crippen LogP) is 3.02. The lowest BCUT2D eigenvalue weighted by Gasteiger charge is -2.35. The van der Waals surface area contributed by atoms with Crippen molar-refractivity contribution in [3.05, 3.63) is 11.6 Å². The summed E-state index contributed by atoms with van der Waals surface area (Å²) in [6.07, 6.45) is 9.00. The van der Waals surface area contributed by atoms with Gasteiger partial charge in [-0.25, -0.2) is 4.98 Å². The van der Waals surface area contributed by atoms with E-state index < -0.39 is 0 Å². The van der Waals surface area contributed by atoms with Crippen molar-refractivity contribution in [2.75, 3.05) is 37.6 Å². The molecule has 5 nitrogen and oxygen atoms in total. The van der Waals surface area contributed by atoms with E-state index in [4.69, 9.17) is 5.73 Å². The average molecular weight is 461 g/mol. The fraction of sp³-hybridized carbons (Fsp3) is 0.765. The molecule has 0 spiro atoms. The maximum atomic E-state index is 6.22. The molecule has 4 rings (SSSR count). The fourth-order valence-corrected chi connectivity index (χ4v) is 5.37. The zero-order valence-corrected chi connectivity index (χ0v) is 17.3. The van der Waals surface area contributed by atoms with Gasteiger partial charge < -0.3 is 15.5 Å². The third-order valence-corrected chi connectivity index (χ3v) is 6.78. The van der Waals surface area contributed by atoms with Crippen LogP contribution in [0, 0.1) is 17.8 Å². The lowest BCUT2D eigenvalue weighted by atomic mass is 9.86. The standard InChI is InChI=1S/C17H27N5S.HI/c18-16(19-4-3-15-12-13-1-2-14(15)11-13)21-6-8-22(9-7-21)17-20-5-10-23-17;/h5,10,13-15H,1-4,6-9,11-12H2,(H2,18,19);1H. The summed E-state index contributed by atoms with van der Waals surface area (Å²) in [5.41, 5.74) is 6.22. The molecule has 0 amide bonds. The van der Waals surface area contributed by atoms with Crippen molar-refractivity contribution in [1.29, 1.82) is 0 Å². The van der Waals surface area contributed by atoms with E-state index in [1.807, 2.05) is 11.6 Å². The number of aromatic nitrogens is 1. The molecule has 3 aliphatic rings. The molecule has 2 aliphatic carbocycles. The molecule has 2 bridgehead atoms. The number of hydrogen-bond acceptors (Lipinski definition) is 4. The minimum atomic E-state index is 0. The van der Waals surface area contributed by atoms with Crippen molar-refractivity contribution in [1.82, 2.24) is 9.88 Å². The summed E-state index contributed by atoms with van der Waals surface area (Å²) in [6, 6.07) is 0. The molecule has 3 unspecified atom stereocenters. The fourth-order valence-electron chi connectivity index (χ4n) is 4.67. The van der Waals surface area contributed by atoms with Crippen LogP contribution in [-0.2, 0) is 0 Å². The highest BCUT2D eigenvalue weighted by Crippen LogP contribution is 2.49. The first-order valence-electron chi connectivity index (χ1n) is 8.99. The normalized spacial score (nSPS) is 29.8. The third-order valence-electron chi connectivity index (χ3n) is 5.95. The number of halogens is 1. The van der Waals surface area contributed by atoms with E-state index >= 15 is 0 Å². The van der Waals surface area contributed by atoms with Gasteiger partial charge in [0.15, 0.2) is 11.1 Å². The number of rotatable bonds is 4. The van der Waals surface area contributed by atoms with E-state index in [1.54, 1.807) is 11.3 Å². The molecule has 0 radical (unpaired) electrons. The number of hydrogen-bond donors (Lipinski definition) is 1. The first-order chi connectivity index (χ1) is 11.3. The zero-order chi connectivity index (χ0) is 15.6. The first-order valence-corrected chi connectivity index (χ1v) is 9.87. The average Bonchev–Trinajstić information content (AvgIpc) is 3.32. The molecule has 3 fully saturated rings. The van der Waals surface area contributed by atoms with Crippen LogP contribution in [0.5, 0.6) is 0 Å². The van der Waals surface area contributed by atoms with Crippen molar-refractivity contribution < 1.29 is 0 Å². The maximum Gasteiger partial charge on any atom is 0.191 e. The number of anilines is 1. The van der Waals surface area contributed by atoms with Crippen LogP contribution in [0.15, 0.2) is 16.6 Å². The minimum Gasteiger partial charge on any atom is -0.370 e. The van der Waals surface area contributed by atoms with Crippen molar-refractivity contribution in [2.24, 2.45) is 28.5 Å². The highest BCUT2D eigenvalue weighted by atomic mass is 127. The summed E-state index contributed by atoms with van der Waals surface area (Å²) in [6.45, 7) is 4.77. The molecule has 2 heterocycles. The van der Waals surface area contributed by atoms with Crippen LogP contribution in [-0.4, -0.2) is 48.6 Å². The Morgan fingerprint density at radius 1 is 1.25 bits per heavy atom. The van der Waals surface area contributed by atoms with E-state index in [0.717, 1.165) is 61.6 Å². The van der Waals surface area contributed by atoms with Gasteiger partial charge in [-0.1, -0.05) is 6.42 Å². The van der Waals surface area contributed by atoms with Crippen LogP contribution < -0.4 is 10.6 Å². The number of guanidine groups is 1. The molecule has 134 valence electrons. The molecule has 0 aromatic carbocycles. The summed E-state index contributed by atoms with van der Waals surface area (Å²) in [5.74, 6) is 3.70. The second-order valence-corrected chi connectivity index (χ2v) is 8.13. The van der Waals surface area contributed by atoms with Crippen molar-refractivity contribution >= 4 is 46.4 Å². The van der Waals surface area contributed by atoms with Gasteiger partial charge in [0.1, 0.15) is 0 Å². The molecular formula is C17H28IN5S. The molecule has 3 atom stereocenters. The molecule has 1 saturated heterocycles. The van der Waals surface area contributed by atoms with Crippen LogP contribution in [0.1, 0.15) is 32.1 Å². The maximum absolute atomic E-state index is 6.22. The van der Waals surface area contributed by atoms with Crippen LogP contribution in [0.4, 0.5) is 5.13 Å². The molecular weight excluding hydrogens is 433 g/mol. The van der Waals surface area contributed by atoms with Gasteiger partial charge in [0.2, 0.25) is 0 Å². The van der Waals surface area contributed by atoms with Gasteiger partial charge in [-0.05, 0) is 43.4 Å². The topological polar surface area (TPSA) is 57.8 Å². The van der Waals surface area contributed by atoms with Gasteiger partial charge in [0, 0.05) is 44.3 Å². The number of fused-ring (bicyclic) bond motifs is 2. The second kappa shape index (κ2) is 8.21. The predicted molar refractivity (Wildman–Crippen MR) is 111 cm³/mol. The summed E-state index contributed by atoms with van der Waals surface area (Å²) < 4.78 is 0. The molecule has 1 aliphatic heterocycles. The Balaban J connectivity index is 0.00000169. The minimum absolute atomic E-state index is 0. The van der Waals surface area contributed by atoms with Crippen molar-refractivity contribution in [3.8, 4) is 0 Å². The Hall–Kier alpha value is -0.570. The smallest absolute Gasteiger partial charge is 0.191 e. The molecule has 2 saturated carbocycles. The highest BCUT2D eigenvalue weighted by molar-refractivity contribution is 14.0. The second-order valence-electron chi connectivity index (χ2n) is 7.25. The monoisotopic (exact) mass is 461 g/mol. The highest BCUT2D eigenvalue weighted by Gasteiger charge is 2.38.